The summed E-state index contributed by atoms with van der Waals surface area (Å²) in [6.45, 7) is 2.62. The summed E-state index contributed by atoms with van der Waals surface area (Å²) < 4.78 is 5.03. The Morgan fingerprint density at radius 2 is 2.06 bits per heavy atom. The number of methoxy groups -OCH3 is 1. The zero-order chi connectivity index (χ0) is 21.5. The van der Waals surface area contributed by atoms with Crippen LogP contribution < -0.4 is 16.0 Å². The highest BCUT2D eigenvalue weighted by atomic mass is 16.5. The number of rotatable bonds is 7. The molecule has 0 saturated heterocycles. The molecule has 0 unspecified atom stereocenters. The monoisotopic (exact) mass is 420 g/mol. The molecule has 0 bridgehead atoms. The van der Waals surface area contributed by atoms with Gasteiger partial charge >= 0.3 is 0 Å². The lowest BCUT2D eigenvalue weighted by Crippen LogP contribution is -2.43. The molecule has 0 fully saturated rings. The Bertz CT molecular complexity index is 1060. The van der Waals surface area contributed by atoms with Gasteiger partial charge in [0.15, 0.2) is 5.96 Å². The van der Waals surface area contributed by atoms with Gasteiger partial charge in [0.1, 0.15) is 0 Å². The van der Waals surface area contributed by atoms with Gasteiger partial charge in [-0.05, 0) is 48.0 Å². The molecule has 1 amide bonds. The van der Waals surface area contributed by atoms with E-state index in [0.717, 1.165) is 36.4 Å². The third-order valence-electron chi connectivity index (χ3n) is 4.63. The summed E-state index contributed by atoms with van der Waals surface area (Å²) in [5, 5.41) is 21.7. The Morgan fingerprint density at radius 1 is 1.19 bits per heavy atom. The minimum Gasteiger partial charge on any atom is -0.383 e. The predicted molar refractivity (Wildman–Crippen MR) is 117 cm³/mol. The summed E-state index contributed by atoms with van der Waals surface area (Å²) in [5.41, 5.74) is 3.15. The van der Waals surface area contributed by atoms with Crippen molar-refractivity contribution in [3.05, 3.63) is 54.1 Å². The van der Waals surface area contributed by atoms with Gasteiger partial charge in [0.05, 0.1) is 13.2 Å². The standard InChI is InChI=1S/C21H24N8O2/c1-31-13-12-29-27-19(26-28-29)16-4-2-5-18(14-16)24-17-8-6-15(7-9-17)20(30)25-21-22-10-3-11-23-21/h2,4-9,14,24H,3,10-13H2,1H3,(H2,22,23,25,30). The van der Waals surface area contributed by atoms with Crippen molar-refractivity contribution in [3.63, 3.8) is 0 Å². The van der Waals surface area contributed by atoms with Crippen LogP contribution >= 0.6 is 0 Å². The fourth-order valence-electron chi connectivity index (χ4n) is 3.03. The van der Waals surface area contributed by atoms with Gasteiger partial charge < -0.3 is 15.4 Å². The van der Waals surface area contributed by atoms with E-state index in [0.29, 0.717) is 30.5 Å². The normalized spacial score (nSPS) is 13.3. The van der Waals surface area contributed by atoms with Crippen LogP contribution in [0.5, 0.6) is 0 Å². The van der Waals surface area contributed by atoms with Gasteiger partial charge in [0.25, 0.3) is 5.91 Å². The predicted octanol–water partition coefficient (Wildman–Crippen LogP) is 1.81. The van der Waals surface area contributed by atoms with Crippen molar-refractivity contribution < 1.29 is 9.53 Å². The summed E-state index contributed by atoms with van der Waals surface area (Å²) in [4.78, 5) is 18.1. The topological polar surface area (TPSA) is 118 Å². The first-order valence-corrected chi connectivity index (χ1v) is 10.1. The average molecular weight is 420 g/mol. The van der Waals surface area contributed by atoms with Crippen molar-refractivity contribution in [1.82, 2.24) is 30.8 Å². The molecular formula is C21H24N8O2. The molecule has 0 aliphatic carbocycles. The third-order valence-corrected chi connectivity index (χ3v) is 4.63. The number of hydrogen-bond acceptors (Lipinski definition) is 8. The summed E-state index contributed by atoms with van der Waals surface area (Å²) in [7, 11) is 1.63. The van der Waals surface area contributed by atoms with E-state index in [1.54, 1.807) is 19.2 Å². The fourth-order valence-corrected chi connectivity index (χ4v) is 3.03. The number of nitrogens with zero attached hydrogens (tertiary/aromatic N) is 5. The molecule has 0 radical (unpaired) electrons. The molecule has 160 valence electrons. The highest BCUT2D eigenvalue weighted by Gasteiger charge is 2.11. The second kappa shape index (κ2) is 9.81. The molecule has 1 aliphatic rings. The van der Waals surface area contributed by atoms with Crippen LogP contribution in [-0.2, 0) is 11.3 Å². The van der Waals surface area contributed by atoms with E-state index in [2.05, 4.69) is 36.4 Å². The molecule has 4 rings (SSSR count). The zero-order valence-corrected chi connectivity index (χ0v) is 17.2. The van der Waals surface area contributed by atoms with Crippen LogP contribution in [0.1, 0.15) is 16.8 Å². The molecule has 2 aromatic carbocycles. The first-order chi connectivity index (χ1) is 15.2. The number of nitrogens with one attached hydrogen (secondary N) is 3. The Labute approximate surface area is 179 Å². The smallest absolute Gasteiger partial charge is 0.257 e. The molecule has 0 atom stereocenters. The lowest BCUT2D eigenvalue weighted by Gasteiger charge is -2.15. The molecule has 3 aromatic rings. The Hall–Kier alpha value is -3.79. The quantitative estimate of drug-likeness (QED) is 0.533. The summed E-state index contributed by atoms with van der Waals surface area (Å²) >= 11 is 0. The van der Waals surface area contributed by atoms with Crippen molar-refractivity contribution in [2.24, 2.45) is 4.99 Å². The lowest BCUT2D eigenvalue weighted by atomic mass is 10.1. The number of aliphatic imine (C=N–C) groups is 1. The maximum absolute atomic E-state index is 12.4. The summed E-state index contributed by atoms with van der Waals surface area (Å²) in [6, 6.07) is 15.0. The second-order valence-electron chi connectivity index (χ2n) is 6.95. The van der Waals surface area contributed by atoms with Gasteiger partial charge in [0.2, 0.25) is 5.82 Å². The van der Waals surface area contributed by atoms with Crippen LogP contribution in [0.4, 0.5) is 11.4 Å². The Balaban J connectivity index is 1.40. The van der Waals surface area contributed by atoms with Crippen LogP contribution in [-0.4, -0.2) is 58.9 Å². The zero-order valence-electron chi connectivity index (χ0n) is 17.2. The first kappa shape index (κ1) is 20.5. The van der Waals surface area contributed by atoms with E-state index in [9.17, 15) is 4.79 Å². The van der Waals surface area contributed by atoms with Crippen LogP contribution in [0.2, 0.25) is 0 Å². The summed E-state index contributed by atoms with van der Waals surface area (Å²) in [6.07, 6.45) is 0.975. The molecule has 0 spiro atoms. The number of amides is 1. The Kier molecular flexibility index (Phi) is 6.48. The van der Waals surface area contributed by atoms with Gasteiger partial charge in [-0.1, -0.05) is 12.1 Å². The van der Waals surface area contributed by atoms with Crippen molar-refractivity contribution >= 4 is 23.2 Å². The van der Waals surface area contributed by atoms with Crippen LogP contribution in [0, 0.1) is 0 Å². The fraction of sp³-hybridized carbons (Fsp3) is 0.286. The number of carbonyl (C=O) groups is 1. The van der Waals surface area contributed by atoms with Gasteiger partial charge in [-0.3, -0.25) is 15.1 Å². The molecule has 1 aromatic heterocycles. The largest absolute Gasteiger partial charge is 0.383 e. The molecule has 10 heteroatoms. The van der Waals surface area contributed by atoms with Crippen molar-refractivity contribution in [3.8, 4) is 11.4 Å². The average Bonchev–Trinajstić information content (AvgIpc) is 3.28. The van der Waals surface area contributed by atoms with Gasteiger partial charge in [-0.15, -0.1) is 10.2 Å². The van der Waals surface area contributed by atoms with E-state index >= 15 is 0 Å². The number of ether oxygens (including phenoxy) is 1. The number of anilines is 2. The molecule has 2 heterocycles. The minimum absolute atomic E-state index is 0.190. The van der Waals surface area contributed by atoms with E-state index < -0.39 is 0 Å². The number of aromatic nitrogens is 4. The van der Waals surface area contributed by atoms with Crippen molar-refractivity contribution in [2.45, 2.75) is 13.0 Å². The van der Waals surface area contributed by atoms with Crippen molar-refractivity contribution in [1.29, 1.82) is 0 Å². The number of hydrogen-bond donors (Lipinski definition) is 3. The maximum Gasteiger partial charge on any atom is 0.257 e. The summed E-state index contributed by atoms with van der Waals surface area (Å²) in [5.74, 6) is 0.887. The van der Waals surface area contributed by atoms with E-state index in [-0.39, 0.29) is 5.91 Å². The maximum atomic E-state index is 12.4. The highest BCUT2D eigenvalue weighted by molar-refractivity contribution is 6.05. The molecule has 0 saturated carbocycles. The lowest BCUT2D eigenvalue weighted by molar-refractivity contribution is 0.0975. The number of guanidine groups is 1. The van der Waals surface area contributed by atoms with Crippen LogP contribution in [0.15, 0.2) is 53.5 Å². The van der Waals surface area contributed by atoms with Gasteiger partial charge in [-0.2, -0.15) is 4.80 Å². The van der Waals surface area contributed by atoms with Crippen molar-refractivity contribution in [2.75, 3.05) is 32.1 Å². The Morgan fingerprint density at radius 3 is 2.84 bits per heavy atom. The highest BCUT2D eigenvalue weighted by Crippen LogP contribution is 2.22. The molecule has 1 aliphatic heterocycles. The van der Waals surface area contributed by atoms with Gasteiger partial charge in [0, 0.05) is 42.7 Å². The second-order valence-corrected chi connectivity index (χ2v) is 6.95. The molecule has 31 heavy (non-hydrogen) atoms. The third kappa shape index (κ3) is 5.43. The van der Waals surface area contributed by atoms with E-state index in [1.807, 2.05) is 36.4 Å². The molecule has 3 N–H and O–H groups in total. The van der Waals surface area contributed by atoms with Crippen LogP contribution in [0.3, 0.4) is 0 Å². The molecular weight excluding hydrogens is 396 g/mol. The van der Waals surface area contributed by atoms with Crippen LogP contribution in [0.25, 0.3) is 11.4 Å². The first-order valence-electron chi connectivity index (χ1n) is 10.1. The minimum atomic E-state index is -0.190. The number of tetrazole rings is 1. The van der Waals surface area contributed by atoms with Gasteiger partial charge in [-0.25, -0.2) is 0 Å². The van der Waals surface area contributed by atoms with E-state index in [4.69, 9.17) is 4.74 Å². The number of carbonyl (C=O) groups excluding carboxylic acids is 1. The van der Waals surface area contributed by atoms with E-state index in [1.165, 1.54) is 4.80 Å². The number of benzene rings is 2. The SMILES string of the molecule is COCCn1nnc(-c2cccc(Nc3ccc(C(=O)NC4=NCCCN4)cc3)c2)n1. The molecule has 10 nitrogen and oxygen atoms in total.